The van der Waals surface area contributed by atoms with Gasteiger partial charge in [0.1, 0.15) is 0 Å². The smallest absolute Gasteiger partial charge is 0.0310 e. The van der Waals surface area contributed by atoms with Crippen LogP contribution in [0, 0.1) is 0 Å². The van der Waals surface area contributed by atoms with Crippen LogP contribution >= 0.6 is 0 Å². The lowest BCUT2D eigenvalue weighted by molar-refractivity contribution is 0.104. The van der Waals surface area contributed by atoms with E-state index < -0.39 is 0 Å². The maximum Gasteiger partial charge on any atom is 0.0310 e. The number of nitrogens with zero attached hydrogens (tertiary/aromatic N) is 2. The van der Waals surface area contributed by atoms with Crippen LogP contribution in [0.5, 0.6) is 0 Å². The summed E-state index contributed by atoms with van der Waals surface area (Å²) in [5.74, 6) is 0.792. The maximum absolute atomic E-state index is 6.52. The Morgan fingerprint density at radius 3 is 2.76 bits per heavy atom. The van der Waals surface area contributed by atoms with Crippen LogP contribution in [0.15, 0.2) is 24.3 Å². The third-order valence-electron chi connectivity index (χ3n) is 5.42. The van der Waals surface area contributed by atoms with Crippen molar-refractivity contribution in [1.82, 2.24) is 9.80 Å². The molecule has 3 heteroatoms. The van der Waals surface area contributed by atoms with Crippen molar-refractivity contribution in [1.29, 1.82) is 0 Å². The third kappa shape index (κ3) is 3.47. The molecule has 0 spiro atoms. The monoisotopic (exact) mass is 287 g/mol. The van der Waals surface area contributed by atoms with E-state index in [1.807, 2.05) is 0 Å². The lowest BCUT2D eigenvalue weighted by atomic mass is 9.79. The van der Waals surface area contributed by atoms with E-state index in [4.69, 9.17) is 5.73 Å². The fourth-order valence-electron chi connectivity index (χ4n) is 3.57. The Kier molecular flexibility index (Phi) is 4.63. The van der Waals surface area contributed by atoms with Crippen LogP contribution in [0.1, 0.15) is 48.8 Å². The first-order valence-electron chi connectivity index (χ1n) is 8.37. The Morgan fingerprint density at radius 1 is 1.24 bits per heavy atom. The van der Waals surface area contributed by atoms with Crippen LogP contribution in [0.3, 0.4) is 0 Å². The van der Waals surface area contributed by atoms with Gasteiger partial charge in [0.05, 0.1) is 0 Å². The first kappa shape index (κ1) is 15.0. The van der Waals surface area contributed by atoms with E-state index in [0.717, 1.165) is 25.4 Å². The van der Waals surface area contributed by atoms with Crippen LogP contribution in [-0.4, -0.2) is 49.6 Å². The first-order valence-corrected chi connectivity index (χ1v) is 8.37. The molecule has 1 heterocycles. The second kappa shape index (κ2) is 6.47. The van der Waals surface area contributed by atoms with E-state index in [1.165, 1.54) is 36.9 Å². The minimum atomic E-state index is 0.156. The van der Waals surface area contributed by atoms with Crippen LogP contribution in [-0.2, 0) is 0 Å². The van der Waals surface area contributed by atoms with E-state index in [-0.39, 0.29) is 6.04 Å². The Bertz CT molecular complexity index is 469. The highest BCUT2D eigenvalue weighted by atomic mass is 15.3. The SMILES string of the molecule is CN1CCN(C)C(CC(N)c2cccc(C3CCC3)c2)C1. The van der Waals surface area contributed by atoms with Crippen molar-refractivity contribution in [2.75, 3.05) is 33.7 Å². The molecule has 3 rings (SSSR count). The highest BCUT2D eigenvalue weighted by molar-refractivity contribution is 5.29. The van der Waals surface area contributed by atoms with Crippen LogP contribution in [0.4, 0.5) is 0 Å². The fourth-order valence-corrected chi connectivity index (χ4v) is 3.57. The molecule has 1 aromatic carbocycles. The molecule has 0 radical (unpaired) electrons. The van der Waals surface area contributed by atoms with Crippen LogP contribution in [0.2, 0.25) is 0 Å². The van der Waals surface area contributed by atoms with Gasteiger partial charge in [0, 0.05) is 31.7 Å². The second-order valence-corrected chi connectivity index (χ2v) is 7.04. The molecule has 2 atom stereocenters. The molecule has 2 fully saturated rings. The van der Waals surface area contributed by atoms with Gasteiger partial charge in [-0.1, -0.05) is 30.7 Å². The summed E-state index contributed by atoms with van der Waals surface area (Å²) in [5, 5.41) is 0. The number of hydrogen-bond acceptors (Lipinski definition) is 3. The van der Waals surface area contributed by atoms with E-state index in [9.17, 15) is 0 Å². The highest BCUT2D eigenvalue weighted by Gasteiger charge is 2.25. The molecule has 2 aliphatic rings. The molecular weight excluding hydrogens is 258 g/mol. The first-order chi connectivity index (χ1) is 10.1. The molecule has 1 aliphatic heterocycles. The average Bonchev–Trinajstić information content (AvgIpc) is 2.41. The predicted molar refractivity (Wildman–Crippen MR) is 88.5 cm³/mol. The predicted octanol–water partition coefficient (Wildman–Crippen LogP) is 2.59. The van der Waals surface area contributed by atoms with Crippen LogP contribution < -0.4 is 5.73 Å². The minimum Gasteiger partial charge on any atom is -0.324 e. The number of likely N-dealkylation sites (N-methyl/N-ethyl adjacent to an activating group) is 2. The topological polar surface area (TPSA) is 32.5 Å². The molecule has 1 aromatic rings. The van der Waals surface area contributed by atoms with Crippen LogP contribution in [0.25, 0.3) is 0 Å². The summed E-state index contributed by atoms with van der Waals surface area (Å²) in [7, 11) is 4.44. The van der Waals surface area contributed by atoms with Gasteiger partial charge in [0.2, 0.25) is 0 Å². The van der Waals surface area contributed by atoms with Gasteiger partial charge in [0.15, 0.2) is 0 Å². The summed E-state index contributed by atoms with van der Waals surface area (Å²) in [6.45, 7) is 3.45. The summed E-state index contributed by atoms with van der Waals surface area (Å²) in [4.78, 5) is 4.89. The van der Waals surface area contributed by atoms with Gasteiger partial charge in [0.25, 0.3) is 0 Å². The molecule has 1 saturated heterocycles. The van der Waals surface area contributed by atoms with Crippen molar-refractivity contribution in [2.45, 2.75) is 43.7 Å². The molecule has 21 heavy (non-hydrogen) atoms. The Labute approximate surface area is 129 Å². The molecule has 0 aromatic heterocycles. The van der Waals surface area contributed by atoms with Crippen molar-refractivity contribution in [3.63, 3.8) is 0 Å². The lowest BCUT2D eigenvalue weighted by Crippen LogP contribution is -2.50. The fraction of sp³-hybridized carbons (Fsp3) is 0.667. The number of benzene rings is 1. The van der Waals surface area contributed by atoms with Gasteiger partial charge < -0.3 is 15.5 Å². The molecule has 0 amide bonds. The summed E-state index contributed by atoms with van der Waals surface area (Å²) in [6, 6.07) is 9.77. The van der Waals surface area contributed by atoms with E-state index in [2.05, 4.69) is 48.2 Å². The zero-order valence-electron chi connectivity index (χ0n) is 13.5. The number of nitrogens with two attached hydrogens (primary N) is 1. The molecule has 2 unspecified atom stereocenters. The molecule has 3 nitrogen and oxygen atoms in total. The van der Waals surface area contributed by atoms with Crippen molar-refractivity contribution >= 4 is 0 Å². The number of piperazine rings is 1. The standard InChI is InChI=1S/C18H29N3/c1-20-9-10-21(2)17(13-20)12-18(19)16-8-4-7-15(11-16)14-5-3-6-14/h4,7-8,11,14,17-18H,3,5-6,9-10,12-13,19H2,1-2H3. The Morgan fingerprint density at radius 2 is 2.05 bits per heavy atom. The van der Waals surface area contributed by atoms with E-state index >= 15 is 0 Å². The summed E-state index contributed by atoms with van der Waals surface area (Å²) in [5.41, 5.74) is 9.34. The zero-order chi connectivity index (χ0) is 14.8. The zero-order valence-corrected chi connectivity index (χ0v) is 13.5. The number of hydrogen-bond donors (Lipinski definition) is 1. The normalized spacial score (nSPS) is 26.5. The second-order valence-electron chi connectivity index (χ2n) is 7.04. The Balaban J connectivity index is 1.65. The molecule has 0 bridgehead atoms. The average molecular weight is 287 g/mol. The van der Waals surface area contributed by atoms with Gasteiger partial charge in [-0.3, -0.25) is 0 Å². The van der Waals surface area contributed by atoms with Gasteiger partial charge in [-0.25, -0.2) is 0 Å². The molecule has 2 N–H and O–H groups in total. The molecule has 1 aliphatic carbocycles. The Hall–Kier alpha value is -0.900. The van der Waals surface area contributed by atoms with Gasteiger partial charge in [-0.15, -0.1) is 0 Å². The summed E-state index contributed by atoms with van der Waals surface area (Å²) >= 11 is 0. The summed E-state index contributed by atoms with van der Waals surface area (Å²) in [6.07, 6.45) is 5.15. The largest absolute Gasteiger partial charge is 0.324 e. The van der Waals surface area contributed by atoms with Crippen molar-refractivity contribution in [3.8, 4) is 0 Å². The molecule has 116 valence electrons. The molecular formula is C18H29N3. The van der Waals surface area contributed by atoms with Crippen molar-refractivity contribution in [3.05, 3.63) is 35.4 Å². The third-order valence-corrected chi connectivity index (χ3v) is 5.42. The van der Waals surface area contributed by atoms with Gasteiger partial charge in [-0.05, 0) is 50.4 Å². The van der Waals surface area contributed by atoms with Crippen molar-refractivity contribution < 1.29 is 0 Å². The quantitative estimate of drug-likeness (QED) is 0.924. The lowest BCUT2D eigenvalue weighted by Gasteiger charge is -2.39. The number of rotatable bonds is 4. The summed E-state index contributed by atoms with van der Waals surface area (Å²) < 4.78 is 0. The van der Waals surface area contributed by atoms with Gasteiger partial charge in [-0.2, -0.15) is 0 Å². The van der Waals surface area contributed by atoms with E-state index in [0.29, 0.717) is 6.04 Å². The minimum absolute atomic E-state index is 0.156. The van der Waals surface area contributed by atoms with E-state index in [1.54, 1.807) is 0 Å². The van der Waals surface area contributed by atoms with Crippen molar-refractivity contribution in [2.24, 2.45) is 5.73 Å². The molecule has 1 saturated carbocycles. The maximum atomic E-state index is 6.52. The highest BCUT2D eigenvalue weighted by Crippen LogP contribution is 2.37. The van der Waals surface area contributed by atoms with Gasteiger partial charge >= 0.3 is 0 Å².